The molecule has 3 N–H and O–H groups in total. The van der Waals surface area contributed by atoms with Crippen LogP contribution in [0, 0.1) is 0 Å². The maximum absolute atomic E-state index is 11.9. The van der Waals surface area contributed by atoms with Crippen LogP contribution in [-0.2, 0) is 14.4 Å². The minimum absolute atomic E-state index is 0.157. The summed E-state index contributed by atoms with van der Waals surface area (Å²) in [4.78, 5) is 34.1. The van der Waals surface area contributed by atoms with Crippen molar-refractivity contribution in [2.45, 2.75) is 30.8 Å². The van der Waals surface area contributed by atoms with Crippen LogP contribution >= 0.6 is 11.8 Å². The molecule has 2 rings (SSSR count). The lowest BCUT2D eigenvalue weighted by molar-refractivity contribution is -0.146. The SMILES string of the molecule is O=C1CC[C@@H](C(=O)NC2(C(=O)O)CCSC2)N1. The van der Waals surface area contributed by atoms with Gasteiger partial charge in [0.25, 0.3) is 0 Å². The molecule has 0 aromatic heterocycles. The normalized spacial score (nSPS) is 32.2. The molecular formula is C10H14N2O4S. The summed E-state index contributed by atoms with van der Waals surface area (Å²) in [6, 6.07) is -0.579. The first kappa shape index (κ1) is 12.2. The Labute approximate surface area is 103 Å². The number of hydrogen-bond acceptors (Lipinski definition) is 4. The highest BCUT2D eigenvalue weighted by Gasteiger charge is 2.44. The summed E-state index contributed by atoms with van der Waals surface area (Å²) in [5.41, 5.74) is -1.16. The number of thioether (sulfide) groups is 1. The lowest BCUT2D eigenvalue weighted by atomic mass is 9.98. The van der Waals surface area contributed by atoms with Crippen LogP contribution in [0.2, 0.25) is 0 Å². The standard InChI is InChI=1S/C10H14N2O4S/c13-7-2-1-6(11-7)8(14)12-10(9(15)16)3-4-17-5-10/h6H,1-5H2,(H,11,13)(H,12,14)(H,15,16)/t6-,10?/m0/s1. The average molecular weight is 258 g/mol. The highest BCUT2D eigenvalue weighted by molar-refractivity contribution is 7.99. The number of carboxylic acid groups (broad SMARTS) is 1. The summed E-state index contributed by atoms with van der Waals surface area (Å²) < 4.78 is 0. The average Bonchev–Trinajstić information content (AvgIpc) is 2.87. The van der Waals surface area contributed by atoms with Crippen molar-refractivity contribution in [3.63, 3.8) is 0 Å². The van der Waals surface area contributed by atoms with Crippen molar-refractivity contribution >= 4 is 29.5 Å². The smallest absolute Gasteiger partial charge is 0.330 e. The van der Waals surface area contributed by atoms with E-state index in [2.05, 4.69) is 10.6 Å². The van der Waals surface area contributed by atoms with Crippen molar-refractivity contribution in [3.8, 4) is 0 Å². The maximum Gasteiger partial charge on any atom is 0.330 e. The van der Waals surface area contributed by atoms with Gasteiger partial charge in [-0.05, 0) is 18.6 Å². The van der Waals surface area contributed by atoms with Crippen LogP contribution in [0.25, 0.3) is 0 Å². The number of rotatable bonds is 3. The van der Waals surface area contributed by atoms with E-state index in [-0.39, 0.29) is 11.8 Å². The summed E-state index contributed by atoms with van der Waals surface area (Å²) in [6.07, 6.45) is 1.19. The van der Waals surface area contributed by atoms with Crippen molar-refractivity contribution in [2.24, 2.45) is 0 Å². The van der Waals surface area contributed by atoms with Crippen LogP contribution in [0.5, 0.6) is 0 Å². The van der Waals surface area contributed by atoms with Crippen LogP contribution < -0.4 is 10.6 Å². The van der Waals surface area contributed by atoms with Crippen LogP contribution in [0.15, 0.2) is 0 Å². The largest absolute Gasteiger partial charge is 0.479 e. The second-order valence-corrected chi connectivity index (χ2v) is 5.44. The Hall–Kier alpha value is -1.24. The molecule has 2 heterocycles. The summed E-state index contributed by atoms with van der Waals surface area (Å²) in [5, 5.41) is 14.3. The van der Waals surface area contributed by atoms with Gasteiger partial charge in [-0.15, -0.1) is 0 Å². The molecule has 2 atom stereocenters. The molecule has 0 radical (unpaired) electrons. The second kappa shape index (κ2) is 4.56. The van der Waals surface area contributed by atoms with Crippen LogP contribution in [-0.4, -0.2) is 46.0 Å². The van der Waals surface area contributed by atoms with Crippen molar-refractivity contribution < 1.29 is 19.5 Å². The van der Waals surface area contributed by atoms with Gasteiger partial charge in [-0.3, -0.25) is 9.59 Å². The fraction of sp³-hybridized carbons (Fsp3) is 0.700. The highest BCUT2D eigenvalue weighted by Crippen LogP contribution is 2.28. The number of aliphatic carboxylic acids is 1. The molecule has 2 aliphatic heterocycles. The van der Waals surface area contributed by atoms with E-state index in [1.807, 2.05) is 0 Å². The highest BCUT2D eigenvalue weighted by atomic mass is 32.2. The quantitative estimate of drug-likeness (QED) is 0.624. The van der Waals surface area contributed by atoms with Gasteiger partial charge in [0.2, 0.25) is 11.8 Å². The van der Waals surface area contributed by atoms with E-state index in [0.29, 0.717) is 25.0 Å². The van der Waals surface area contributed by atoms with Gasteiger partial charge in [0.1, 0.15) is 11.6 Å². The van der Waals surface area contributed by atoms with Crippen LogP contribution in [0.3, 0.4) is 0 Å². The molecule has 17 heavy (non-hydrogen) atoms. The van der Waals surface area contributed by atoms with E-state index in [0.717, 1.165) is 5.75 Å². The summed E-state index contributed by atoms with van der Waals surface area (Å²) in [5.74, 6) is -0.436. The van der Waals surface area contributed by atoms with Crippen molar-refractivity contribution in [2.75, 3.05) is 11.5 Å². The first-order valence-electron chi connectivity index (χ1n) is 5.46. The van der Waals surface area contributed by atoms with Gasteiger partial charge in [-0.2, -0.15) is 11.8 Å². The summed E-state index contributed by atoms with van der Waals surface area (Å²) in [7, 11) is 0. The fourth-order valence-electron chi connectivity index (χ4n) is 2.02. The van der Waals surface area contributed by atoms with E-state index < -0.39 is 17.6 Å². The second-order valence-electron chi connectivity index (χ2n) is 4.34. The zero-order valence-corrected chi connectivity index (χ0v) is 10.0. The summed E-state index contributed by atoms with van der Waals surface area (Å²) >= 11 is 1.51. The molecule has 2 fully saturated rings. The third kappa shape index (κ3) is 2.38. The van der Waals surface area contributed by atoms with Gasteiger partial charge in [0.15, 0.2) is 0 Å². The summed E-state index contributed by atoms with van der Waals surface area (Å²) in [6.45, 7) is 0. The Morgan fingerprint density at radius 1 is 1.53 bits per heavy atom. The minimum atomic E-state index is -1.16. The first-order valence-corrected chi connectivity index (χ1v) is 6.61. The number of amides is 2. The third-order valence-electron chi connectivity index (χ3n) is 3.11. The monoisotopic (exact) mass is 258 g/mol. The molecule has 2 amide bonds. The fourth-order valence-corrected chi connectivity index (χ4v) is 3.34. The number of carboxylic acids is 1. The predicted molar refractivity (Wildman–Crippen MR) is 61.6 cm³/mol. The number of carbonyl (C=O) groups excluding carboxylic acids is 2. The van der Waals surface area contributed by atoms with Gasteiger partial charge in [0, 0.05) is 12.2 Å². The molecule has 0 aromatic rings. The number of nitrogens with one attached hydrogen (secondary N) is 2. The van der Waals surface area contributed by atoms with Crippen molar-refractivity contribution in [1.29, 1.82) is 0 Å². The predicted octanol–water partition coefficient (Wildman–Crippen LogP) is -0.658. The topological polar surface area (TPSA) is 95.5 Å². The minimum Gasteiger partial charge on any atom is -0.479 e. The zero-order valence-electron chi connectivity index (χ0n) is 9.19. The molecule has 1 unspecified atom stereocenters. The van der Waals surface area contributed by atoms with E-state index in [1.165, 1.54) is 11.8 Å². The maximum atomic E-state index is 11.9. The van der Waals surface area contributed by atoms with Gasteiger partial charge >= 0.3 is 5.97 Å². The number of carbonyl (C=O) groups is 3. The van der Waals surface area contributed by atoms with Crippen molar-refractivity contribution in [3.05, 3.63) is 0 Å². The van der Waals surface area contributed by atoms with Gasteiger partial charge in [-0.1, -0.05) is 0 Å². The van der Waals surface area contributed by atoms with Crippen LogP contribution in [0.4, 0.5) is 0 Å². The molecule has 0 saturated carbocycles. The van der Waals surface area contributed by atoms with E-state index in [4.69, 9.17) is 0 Å². The Morgan fingerprint density at radius 2 is 2.29 bits per heavy atom. The van der Waals surface area contributed by atoms with E-state index in [1.54, 1.807) is 0 Å². The molecule has 0 spiro atoms. The Balaban J connectivity index is 2.01. The van der Waals surface area contributed by atoms with Gasteiger partial charge in [0.05, 0.1) is 0 Å². The Bertz CT molecular complexity index is 365. The Kier molecular flexibility index (Phi) is 3.28. The molecule has 7 heteroatoms. The first-order chi connectivity index (χ1) is 8.03. The molecule has 6 nitrogen and oxygen atoms in total. The molecule has 0 aliphatic carbocycles. The molecular weight excluding hydrogens is 244 g/mol. The van der Waals surface area contributed by atoms with Crippen LogP contribution in [0.1, 0.15) is 19.3 Å². The van der Waals surface area contributed by atoms with Gasteiger partial charge in [-0.25, -0.2) is 4.79 Å². The molecule has 0 aromatic carbocycles. The van der Waals surface area contributed by atoms with E-state index >= 15 is 0 Å². The molecule has 0 bridgehead atoms. The van der Waals surface area contributed by atoms with E-state index in [9.17, 15) is 19.5 Å². The Morgan fingerprint density at radius 3 is 2.76 bits per heavy atom. The lowest BCUT2D eigenvalue weighted by Gasteiger charge is -2.26. The third-order valence-corrected chi connectivity index (χ3v) is 4.30. The number of hydrogen-bond donors (Lipinski definition) is 3. The molecule has 2 aliphatic rings. The lowest BCUT2D eigenvalue weighted by Crippen LogP contribution is -2.58. The molecule has 94 valence electrons. The van der Waals surface area contributed by atoms with Crippen molar-refractivity contribution in [1.82, 2.24) is 10.6 Å². The zero-order chi connectivity index (χ0) is 12.5. The molecule has 2 saturated heterocycles. The van der Waals surface area contributed by atoms with Gasteiger partial charge < -0.3 is 15.7 Å².